The molecule has 0 spiro atoms. The first-order valence-corrected chi connectivity index (χ1v) is 16.1. The van der Waals surface area contributed by atoms with Crippen molar-refractivity contribution in [2.24, 2.45) is 18.9 Å². The van der Waals surface area contributed by atoms with Gasteiger partial charge in [0.15, 0.2) is 5.69 Å². The predicted octanol–water partition coefficient (Wildman–Crippen LogP) is 3.68. The van der Waals surface area contributed by atoms with Crippen molar-refractivity contribution in [3.8, 4) is 0 Å². The molecule has 2 aliphatic rings. The third-order valence-corrected chi connectivity index (χ3v) is 8.96. The second-order valence-electron chi connectivity index (χ2n) is 11.6. The molecule has 0 bridgehead atoms. The number of anilines is 2. The molecular weight excluding hydrogens is 637 g/mol. The zero-order valence-corrected chi connectivity index (χ0v) is 26.0. The summed E-state index contributed by atoms with van der Waals surface area (Å²) < 4.78 is 67.4. The van der Waals surface area contributed by atoms with Gasteiger partial charge in [0.25, 0.3) is 11.5 Å². The van der Waals surface area contributed by atoms with Crippen molar-refractivity contribution in [2.75, 3.05) is 29.6 Å². The van der Waals surface area contributed by atoms with E-state index in [2.05, 4.69) is 15.4 Å². The van der Waals surface area contributed by atoms with E-state index in [0.29, 0.717) is 35.5 Å². The van der Waals surface area contributed by atoms with E-state index in [1.165, 1.54) is 21.4 Å². The number of halogens is 4. The Balaban J connectivity index is 1.30. The Morgan fingerprint density at radius 2 is 1.84 bits per heavy atom. The number of hydrogen-bond donors (Lipinski definition) is 2. The molecule has 0 radical (unpaired) electrons. The fraction of sp³-hybridized carbons (Fsp3) is 0.393. The maximum absolute atomic E-state index is 13.6. The maximum atomic E-state index is 13.6. The van der Waals surface area contributed by atoms with Crippen LogP contribution in [0.4, 0.5) is 24.8 Å². The molecule has 17 heteroatoms. The van der Waals surface area contributed by atoms with E-state index >= 15 is 0 Å². The molecule has 1 aliphatic carbocycles. The fourth-order valence-electron chi connectivity index (χ4n) is 6.10. The Morgan fingerprint density at radius 1 is 1.16 bits per heavy atom. The van der Waals surface area contributed by atoms with Crippen LogP contribution in [0.1, 0.15) is 46.2 Å². The fourth-order valence-corrected chi connectivity index (χ4v) is 6.69. The van der Waals surface area contributed by atoms with E-state index in [1.807, 2.05) is 22.6 Å². The molecule has 45 heavy (non-hydrogen) atoms. The molecule has 2 N–H and O–H groups in total. The molecule has 2 fully saturated rings. The minimum atomic E-state index is -4.46. The van der Waals surface area contributed by atoms with E-state index in [9.17, 15) is 31.2 Å². The molecule has 1 aromatic carbocycles. The van der Waals surface area contributed by atoms with Crippen molar-refractivity contribution in [3.63, 3.8) is 0 Å². The second-order valence-corrected chi connectivity index (χ2v) is 13.7. The second kappa shape index (κ2) is 10.7. The van der Waals surface area contributed by atoms with Crippen molar-refractivity contribution in [2.45, 2.75) is 32.1 Å². The number of nitrogens with zero attached hydrogens (tertiary/aromatic N) is 6. The summed E-state index contributed by atoms with van der Waals surface area (Å²) in [6, 6.07) is 5.87. The van der Waals surface area contributed by atoms with Crippen LogP contribution in [0, 0.1) is 18.8 Å². The monoisotopic (exact) mass is 664 g/mol. The number of piperidine rings is 1. The third-order valence-electron chi connectivity index (χ3n) is 8.19. The maximum Gasteiger partial charge on any atom is 0.419 e. The van der Waals surface area contributed by atoms with E-state index < -0.39 is 33.7 Å². The summed E-state index contributed by atoms with van der Waals surface area (Å²) >= 11 is 6.00. The van der Waals surface area contributed by atoms with Crippen LogP contribution >= 0.6 is 11.6 Å². The molecule has 4 atom stereocenters. The number of carbonyl (C=O) groups is 1. The molecule has 1 unspecified atom stereocenters. The lowest BCUT2D eigenvalue weighted by atomic mass is 10.0. The number of amides is 1. The molecule has 1 saturated carbocycles. The quantitative estimate of drug-likeness (QED) is 0.283. The average Bonchev–Trinajstić information content (AvgIpc) is 3.28. The number of fused-ring (bicyclic) bond motifs is 2. The molecule has 4 aromatic rings. The lowest BCUT2D eigenvalue weighted by Crippen LogP contribution is -2.33. The first-order chi connectivity index (χ1) is 21.0. The minimum absolute atomic E-state index is 0.0121. The highest BCUT2D eigenvalue weighted by atomic mass is 35.5. The Bertz CT molecular complexity index is 2020. The summed E-state index contributed by atoms with van der Waals surface area (Å²) in [5.41, 5.74) is 0.799. The minimum Gasteiger partial charge on any atom is -0.377 e. The van der Waals surface area contributed by atoms with Crippen LogP contribution < -0.4 is 20.5 Å². The molecule has 1 aliphatic heterocycles. The average molecular weight is 665 g/mol. The smallest absolute Gasteiger partial charge is 0.377 e. The topological polar surface area (TPSA) is 144 Å². The lowest BCUT2D eigenvalue weighted by Gasteiger charge is -2.25. The molecular formula is C28H28ClF3N8O4S. The molecule has 3 aromatic heterocycles. The lowest BCUT2D eigenvalue weighted by molar-refractivity contribution is -0.137. The van der Waals surface area contributed by atoms with Crippen LogP contribution in [0.5, 0.6) is 0 Å². The zero-order valence-electron chi connectivity index (χ0n) is 24.4. The summed E-state index contributed by atoms with van der Waals surface area (Å²) in [4.78, 5) is 37.2. The number of nitrogens with one attached hydrogen (secondary N) is 2. The summed E-state index contributed by atoms with van der Waals surface area (Å²) in [5.74, 6) is -0.418. The Morgan fingerprint density at radius 3 is 2.47 bits per heavy atom. The molecule has 12 nitrogen and oxygen atoms in total. The van der Waals surface area contributed by atoms with Gasteiger partial charge in [-0.15, -0.1) is 0 Å². The number of sulfonamides is 1. The summed E-state index contributed by atoms with van der Waals surface area (Å²) in [6.07, 6.45) is -1.75. The van der Waals surface area contributed by atoms with Crippen molar-refractivity contribution in [3.05, 3.63) is 74.6 Å². The van der Waals surface area contributed by atoms with Crippen LogP contribution in [-0.2, 0) is 23.2 Å². The number of alkyl halides is 3. The Kier molecular flexibility index (Phi) is 7.34. The molecule has 6 rings (SSSR count). The van der Waals surface area contributed by atoms with Gasteiger partial charge in [-0.2, -0.15) is 18.3 Å². The Hall–Kier alpha value is -4.18. The summed E-state index contributed by atoms with van der Waals surface area (Å²) in [5, 5.41) is 7.50. The van der Waals surface area contributed by atoms with Gasteiger partial charge in [0, 0.05) is 43.7 Å². The van der Waals surface area contributed by atoms with E-state index in [0.717, 1.165) is 24.2 Å². The van der Waals surface area contributed by atoms with Crippen LogP contribution in [0.15, 0.2) is 41.5 Å². The van der Waals surface area contributed by atoms with Gasteiger partial charge in [-0.25, -0.2) is 23.1 Å². The largest absolute Gasteiger partial charge is 0.419 e. The van der Waals surface area contributed by atoms with Gasteiger partial charge in [-0.05, 0) is 37.6 Å². The first-order valence-electron chi connectivity index (χ1n) is 13.8. The SMILES string of the molecule is Cc1cc([C@@H](C)Nc2ccc(Cl)nc2C(=O)NS(C)(=O)=O)c2nc(N3C[C@@H]4C(n5cc(C(F)(F)F)cn5)[C@@H]4C3)n(C)c(=O)c2c1. The number of aryl methyl sites for hydroxylation is 1. The number of hydrogen-bond acceptors (Lipinski definition) is 9. The molecule has 1 saturated heterocycles. The highest BCUT2D eigenvalue weighted by Crippen LogP contribution is 2.55. The van der Waals surface area contributed by atoms with Crippen LogP contribution in [0.3, 0.4) is 0 Å². The van der Waals surface area contributed by atoms with Crippen LogP contribution in [0.2, 0.25) is 5.15 Å². The first kappa shape index (κ1) is 30.8. The highest BCUT2D eigenvalue weighted by molar-refractivity contribution is 7.89. The number of carbonyl (C=O) groups excluding carboxylic acids is 1. The van der Waals surface area contributed by atoms with Crippen molar-refractivity contribution in [1.29, 1.82) is 0 Å². The Labute approximate surface area is 260 Å². The van der Waals surface area contributed by atoms with Gasteiger partial charge in [0.05, 0.1) is 46.7 Å². The highest BCUT2D eigenvalue weighted by Gasteiger charge is 2.58. The van der Waals surface area contributed by atoms with Crippen molar-refractivity contribution < 1.29 is 26.4 Å². The van der Waals surface area contributed by atoms with Gasteiger partial charge in [0.2, 0.25) is 16.0 Å². The standard InChI is InChI=1S/C28H28ClF3N8O4S/c1-13-7-16(14(2)34-20-5-6-21(29)35-23(20)25(41)37-45(4,43)44)22-17(8-13)26(42)38(3)27(36-22)39-11-18-19(12-39)24(18)40-10-15(9-33-40)28(30,31)32/h5-10,14,18-19,24,34H,11-12H2,1-4H3,(H,37,41)/t14-,18-,19+,24?/m1/s1. The number of pyridine rings is 1. The number of benzene rings is 1. The van der Waals surface area contributed by atoms with E-state index in [-0.39, 0.29) is 40.0 Å². The zero-order chi connectivity index (χ0) is 32.6. The van der Waals surface area contributed by atoms with Gasteiger partial charge >= 0.3 is 6.18 Å². The van der Waals surface area contributed by atoms with Crippen molar-refractivity contribution >= 4 is 50.1 Å². The van der Waals surface area contributed by atoms with E-state index in [1.54, 1.807) is 20.0 Å². The third kappa shape index (κ3) is 5.83. The van der Waals surface area contributed by atoms with Crippen LogP contribution in [-0.4, -0.2) is 58.0 Å². The van der Waals surface area contributed by atoms with Crippen molar-refractivity contribution in [1.82, 2.24) is 29.0 Å². The molecule has 4 heterocycles. The normalized spacial score (nSPS) is 20.3. The molecule has 1 amide bonds. The number of aromatic nitrogens is 5. The van der Waals surface area contributed by atoms with Gasteiger partial charge in [0.1, 0.15) is 5.15 Å². The van der Waals surface area contributed by atoms with E-state index in [4.69, 9.17) is 16.6 Å². The summed E-state index contributed by atoms with van der Waals surface area (Å²) in [6.45, 7) is 4.62. The van der Waals surface area contributed by atoms with Gasteiger partial charge in [-0.1, -0.05) is 17.7 Å². The van der Waals surface area contributed by atoms with Gasteiger partial charge in [-0.3, -0.25) is 18.8 Å². The van der Waals surface area contributed by atoms with Gasteiger partial charge < -0.3 is 10.2 Å². The predicted molar refractivity (Wildman–Crippen MR) is 161 cm³/mol. The van der Waals surface area contributed by atoms with Crippen LogP contribution in [0.25, 0.3) is 10.9 Å². The molecule has 238 valence electrons. The summed E-state index contributed by atoms with van der Waals surface area (Å²) in [7, 11) is -2.25. The number of rotatable bonds is 7.